The number of hydrogen-bond acceptors (Lipinski definition) is 5. The second-order valence-corrected chi connectivity index (χ2v) is 5.76. The molecule has 3 heterocycles. The number of ether oxygens (including phenoxy) is 1. The number of rotatable bonds is 6. The van der Waals surface area contributed by atoms with Crippen molar-refractivity contribution in [3.05, 3.63) is 42.6 Å². The summed E-state index contributed by atoms with van der Waals surface area (Å²) in [4.78, 5) is 14.3. The van der Waals surface area contributed by atoms with Crippen molar-refractivity contribution in [1.29, 1.82) is 0 Å². The molecular formula is C16H22N4O3. The van der Waals surface area contributed by atoms with Gasteiger partial charge in [-0.15, -0.1) is 0 Å². The number of morpholine rings is 1. The van der Waals surface area contributed by atoms with E-state index in [0.717, 1.165) is 18.8 Å². The van der Waals surface area contributed by atoms with Crippen LogP contribution in [0.1, 0.15) is 18.7 Å². The molecule has 0 radical (unpaired) electrons. The highest BCUT2D eigenvalue weighted by Crippen LogP contribution is 2.12. The maximum atomic E-state index is 12.2. The van der Waals surface area contributed by atoms with Gasteiger partial charge in [0.05, 0.1) is 38.1 Å². The second-order valence-electron chi connectivity index (χ2n) is 5.76. The SMILES string of the molecule is C[C@@H](NC(=O)CN1CCO[C@@H](Cn2cccn2)C1)c1ccco1. The predicted octanol–water partition coefficient (Wildman–Crippen LogP) is 1.05. The van der Waals surface area contributed by atoms with Crippen molar-refractivity contribution < 1.29 is 13.9 Å². The molecule has 7 nitrogen and oxygen atoms in total. The number of nitrogens with one attached hydrogen (secondary N) is 1. The Bertz CT molecular complexity index is 597. The molecule has 0 spiro atoms. The topological polar surface area (TPSA) is 72.5 Å². The van der Waals surface area contributed by atoms with Gasteiger partial charge in [0.15, 0.2) is 0 Å². The fraction of sp³-hybridized carbons (Fsp3) is 0.500. The van der Waals surface area contributed by atoms with Crippen LogP contribution in [0, 0.1) is 0 Å². The first kappa shape index (κ1) is 15.8. The fourth-order valence-electron chi connectivity index (χ4n) is 2.75. The van der Waals surface area contributed by atoms with Crippen LogP contribution in [-0.4, -0.2) is 52.9 Å². The number of hydrogen-bond donors (Lipinski definition) is 1. The molecule has 0 aliphatic carbocycles. The Balaban J connectivity index is 1.46. The lowest BCUT2D eigenvalue weighted by Gasteiger charge is -2.32. The largest absolute Gasteiger partial charge is 0.467 e. The summed E-state index contributed by atoms with van der Waals surface area (Å²) in [7, 11) is 0. The lowest BCUT2D eigenvalue weighted by atomic mass is 10.2. The fourth-order valence-corrected chi connectivity index (χ4v) is 2.75. The maximum absolute atomic E-state index is 12.2. The van der Waals surface area contributed by atoms with Gasteiger partial charge < -0.3 is 14.5 Å². The van der Waals surface area contributed by atoms with Crippen molar-refractivity contribution in [2.24, 2.45) is 0 Å². The Morgan fingerprint density at radius 3 is 3.17 bits per heavy atom. The van der Waals surface area contributed by atoms with Crippen molar-refractivity contribution in [3.8, 4) is 0 Å². The Labute approximate surface area is 135 Å². The standard InChI is InChI=1S/C16H22N4O3/c1-13(15-4-2-8-23-15)18-16(21)12-19-7-9-22-14(10-19)11-20-6-3-5-17-20/h2-6,8,13-14H,7,9-12H2,1H3,(H,18,21)/t13-,14-/m1/s1. The number of aromatic nitrogens is 2. The van der Waals surface area contributed by atoms with Gasteiger partial charge in [0.2, 0.25) is 5.91 Å². The molecular weight excluding hydrogens is 296 g/mol. The molecule has 1 fully saturated rings. The van der Waals surface area contributed by atoms with Crippen LogP contribution in [-0.2, 0) is 16.1 Å². The Morgan fingerprint density at radius 2 is 2.43 bits per heavy atom. The van der Waals surface area contributed by atoms with E-state index >= 15 is 0 Å². The molecule has 0 aromatic carbocycles. The molecule has 124 valence electrons. The van der Waals surface area contributed by atoms with Crippen LogP contribution in [0.4, 0.5) is 0 Å². The van der Waals surface area contributed by atoms with Crippen LogP contribution in [0.25, 0.3) is 0 Å². The van der Waals surface area contributed by atoms with Crippen LogP contribution in [0.2, 0.25) is 0 Å². The summed E-state index contributed by atoms with van der Waals surface area (Å²) in [6, 6.07) is 5.45. The molecule has 2 atom stereocenters. The maximum Gasteiger partial charge on any atom is 0.234 e. The highest BCUT2D eigenvalue weighted by molar-refractivity contribution is 5.78. The van der Waals surface area contributed by atoms with E-state index in [2.05, 4.69) is 15.3 Å². The Kier molecular flexibility index (Phi) is 5.09. The van der Waals surface area contributed by atoms with E-state index in [0.29, 0.717) is 19.7 Å². The molecule has 2 aromatic rings. The minimum atomic E-state index is -0.126. The van der Waals surface area contributed by atoms with E-state index in [4.69, 9.17) is 9.15 Å². The quantitative estimate of drug-likeness (QED) is 0.862. The molecule has 1 N–H and O–H groups in total. The molecule has 1 amide bonds. The third-order valence-electron chi connectivity index (χ3n) is 3.89. The zero-order valence-corrected chi connectivity index (χ0v) is 13.2. The summed E-state index contributed by atoms with van der Waals surface area (Å²) >= 11 is 0. The first-order valence-corrected chi connectivity index (χ1v) is 7.85. The van der Waals surface area contributed by atoms with E-state index < -0.39 is 0 Å². The summed E-state index contributed by atoms with van der Waals surface area (Å²) in [5.74, 6) is 0.755. The van der Waals surface area contributed by atoms with Crippen LogP contribution in [0.5, 0.6) is 0 Å². The molecule has 0 saturated carbocycles. The number of furan rings is 1. The normalized spacial score (nSPS) is 20.3. The van der Waals surface area contributed by atoms with Gasteiger partial charge in [-0.1, -0.05) is 0 Å². The molecule has 1 saturated heterocycles. The molecule has 7 heteroatoms. The van der Waals surface area contributed by atoms with Crippen molar-refractivity contribution in [2.75, 3.05) is 26.2 Å². The monoisotopic (exact) mass is 318 g/mol. The lowest BCUT2D eigenvalue weighted by molar-refractivity contribution is -0.125. The summed E-state index contributed by atoms with van der Waals surface area (Å²) in [5.41, 5.74) is 0. The Hall–Kier alpha value is -2.12. The van der Waals surface area contributed by atoms with Crippen molar-refractivity contribution in [2.45, 2.75) is 25.6 Å². The smallest absolute Gasteiger partial charge is 0.234 e. The van der Waals surface area contributed by atoms with Crippen LogP contribution in [0.3, 0.4) is 0 Å². The lowest BCUT2D eigenvalue weighted by Crippen LogP contribution is -2.48. The summed E-state index contributed by atoms with van der Waals surface area (Å²) in [6.45, 7) is 5.10. The molecule has 23 heavy (non-hydrogen) atoms. The summed E-state index contributed by atoms with van der Waals surface area (Å²) < 4.78 is 12.9. The van der Waals surface area contributed by atoms with Gasteiger partial charge in [0.25, 0.3) is 0 Å². The van der Waals surface area contributed by atoms with E-state index in [-0.39, 0.29) is 18.1 Å². The zero-order valence-electron chi connectivity index (χ0n) is 13.2. The molecule has 3 rings (SSSR count). The van der Waals surface area contributed by atoms with E-state index in [1.54, 1.807) is 12.5 Å². The third kappa shape index (κ3) is 4.43. The minimum absolute atomic E-state index is 0.00589. The molecule has 0 bridgehead atoms. The number of carbonyl (C=O) groups is 1. The summed E-state index contributed by atoms with van der Waals surface area (Å²) in [5, 5.41) is 7.15. The molecule has 1 aliphatic heterocycles. The van der Waals surface area contributed by atoms with Crippen molar-refractivity contribution in [3.63, 3.8) is 0 Å². The average Bonchev–Trinajstić information content (AvgIpc) is 3.20. The average molecular weight is 318 g/mol. The number of carbonyl (C=O) groups excluding carboxylic acids is 1. The Morgan fingerprint density at radius 1 is 1.52 bits per heavy atom. The molecule has 1 aliphatic rings. The second kappa shape index (κ2) is 7.43. The van der Waals surface area contributed by atoms with E-state index in [1.807, 2.05) is 36.0 Å². The summed E-state index contributed by atoms with van der Waals surface area (Å²) in [6.07, 6.45) is 5.34. The third-order valence-corrected chi connectivity index (χ3v) is 3.89. The van der Waals surface area contributed by atoms with Crippen LogP contribution < -0.4 is 5.32 Å². The first-order valence-electron chi connectivity index (χ1n) is 7.85. The number of nitrogens with zero attached hydrogens (tertiary/aromatic N) is 3. The predicted molar refractivity (Wildman–Crippen MR) is 83.7 cm³/mol. The van der Waals surface area contributed by atoms with E-state index in [1.165, 1.54) is 0 Å². The first-order chi connectivity index (χ1) is 11.2. The van der Waals surface area contributed by atoms with Gasteiger partial charge in [-0.2, -0.15) is 5.10 Å². The van der Waals surface area contributed by atoms with Gasteiger partial charge >= 0.3 is 0 Å². The molecule has 2 aromatic heterocycles. The highest BCUT2D eigenvalue weighted by atomic mass is 16.5. The van der Waals surface area contributed by atoms with Crippen LogP contribution in [0.15, 0.2) is 41.3 Å². The van der Waals surface area contributed by atoms with Gasteiger partial charge in [0.1, 0.15) is 5.76 Å². The highest BCUT2D eigenvalue weighted by Gasteiger charge is 2.23. The molecule has 0 unspecified atom stereocenters. The van der Waals surface area contributed by atoms with Gasteiger partial charge in [0, 0.05) is 25.5 Å². The minimum Gasteiger partial charge on any atom is -0.467 e. The van der Waals surface area contributed by atoms with Crippen molar-refractivity contribution in [1.82, 2.24) is 20.0 Å². The van der Waals surface area contributed by atoms with Crippen LogP contribution >= 0.6 is 0 Å². The van der Waals surface area contributed by atoms with Gasteiger partial charge in [-0.05, 0) is 25.1 Å². The number of amides is 1. The van der Waals surface area contributed by atoms with Gasteiger partial charge in [-0.3, -0.25) is 14.4 Å². The van der Waals surface area contributed by atoms with E-state index in [9.17, 15) is 4.79 Å². The zero-order chi connectivity index (χ0) is 16.1. The van der Waals surface area contributed by atoms with Gasteiger partial charge in [-0.25, -0.2) is 0 Å². The van der Waals surface area contributed by atoms with Crippen molar-refractivity contribution >= 4 is 5.91 Å².